The molecule has 0 bridgehead atoms. The van der Waals surface area contributed by atoms with Crippen molar-refractivity contribution >= 4 is 39.5 Å². The number of aryl methyl sites for hydroxylation is 2. The van der Waals surface area contributed by atoms with E-state index in [1.165, 1.54) is 23.0 Å². The van der Waals surface area contributed by atoms with Crippen LogP contribution in [0.25, 0.3) is 0 Å². The van der Waals surface area contributed by atoms with E-state index in [1.54, 1.807) is 0 Å². The average Bonchev–Trinajstić information content (AvgIpc) is 2.57. The van der Waals surface area contributed by atoms with Gasteiger partial charge in [-0.3, -0.25) is 4.68 Å². The summed E-state index contributed by atoms with van der Waals surface area (Å²) >= 11 is 7.76. The maximum Gasteiger partial charge on any atom is 0.0739 e. The monoisotopic (exact) mass is 335 g/mol. The van der Waals surface area contributed by atoms with Gasteiger partial charge in [0, 0.05) is 42.6 Å². The lowest BCUT2D eigenvalue weighted by atomic mass is 10.3. The van der Waals surface area contributed by atoms with Crippen LogP contribution in [0.4, 0.5) is 0 Å². The fourth-order valence-electron chi connectivity index (χ4n) is 1.88. The Morgan fingerprint density at radius 3 is 2.94 bits per heavy atom. The number of nitrogens with zero attached hydrogens (tertiary/aromatic N) is 2. The Labute approximate surface area is 120 Å². The topological polar surface area (TPSA) is 29.9 Å². The molecule has 0 aliphatic carbocycles. The summed E-state index contributed by atoms with van der Waals surface area (Å²) in [5, 5.41) is 8.70. The molecule has 1 atom stereocenters. The molecule has 6 heteroatoms. The van der Waals surface area contributed by atoms with Gasteiger partial charge in [-0.25, -0.2) is 0 Å². The Bertz CT molecular complexity index is 375. The Morgan fingerprint density at radius 2 is 2.35 bits per heavy atom. The van der Waals surface area contributed by atoms with Crippen LogP contribution in [0.3, 0.4) is 0 Å². The molecule has 0 saturated carbocycles. The van der Waals surface area contributed by atoms with Crippen LogP contribution in [-0.2, 0) is 13.6 Å². The van der Waals surface area contributed by atoms with Crippen molar-refractivity contribution in [3.63, 3.8) is 0 Å². The molecular formula is C11H18BrN3S2. The zero-order valence-corrected chi connectivity index (χ0v) is 13.4. The number of thioether (sulfide) groups is 2. The zero-order chi connectivity index (χ0) is 12.3. The Hall–Kier alpha value is 0.350. The maximum atomic E-state index is 4.40. The number of hydrogen-bond donors (Lipinski definition) is 1. The highest BCUT2D eigenvalue weighted by Crippen LogP contribution is 2.24. The predicted octanol–water partition coefficient (Wildman–Crippen LogP) is 2.43. The van der Waals surface area contributed by atoms with Gasteiger partial charge in [0.2, 0.25) is 0 Å². The molecule has 1 aliphatic rings. The van der Waals surface area contributed by atoms with E-state index >= 15 is 0 Å². The summed E-state index contributed by atoms with van der Waals surface area (Å²) in [5.41, 5.74) is 2.29. The van der Waals surface area contributed by atoms with Crippen LogP contribution in [0.1, 0.15) is 11.4 Å². The molecule has 1 fully saturated rings. The van der Waals surface area contributed by atoms with Crippen LogP contribution < -0.4 is 5.32 Å². The summed E-state index contributed by atoms with van der Waals surface area (Å²) in [6, 6.07) is 0. The van der Waals surface area contributed by atoms with Gasteiger partial charge in [0.05, 0.1) is 15.9 Å². The molecule has 3 nitrogen and oxygen atoms in total. The molecule has 1 aromatic rings. The average molecular weight is 336 g/mol. The van der Waals surface area contributed by atoms with Crippen LogP contribution in [-0.4, -0.2) is 38.8 Å². The predicted molar refractivity (Wildman–Crippen MR) is 80.9 cm³/mol. The SMILES string of the molecule is Cc1nn(C)c(CNCC2CSCCS2)c1Br. The number of aromatic nitrogens is 2. The molecular weight excluding hydrogens is 318 g/mol. The zero-order valence-electron chi connectivity index (χ0n) is 10.2. The first kappa shape index (κ1) is 13.8. The molecule has 1 aromatic heterocycles. The molecule has 0 radical (unpaired) electrons. The lowest BCUT2D eigenvalue weighted by Crippen LogP contribution is -2.29. The van der Waals surface area contributed by atoms with Crippen LogP contribution in [0.2, 0.25) is 0 Å². The quantitative estimate of drug-likeness (QED) is 0.915. The molecule has 0 amide bonds. The van der Waals surface area contributed by atoms with Crippen molar-refractivity contribution in [3.05, 3.63) is 15.9 Å². The highest BCUT2D eigenvalue weighted by Gasteiger charge is 2.15. The van der Waals surface area contributed by atoms with E-state index in [0.717, 1.165) is 28.5 Å². The van der Waals surface area contributed by atoms with Gasteiger partial charge >= 0.3 is 0 Å². The number of hydrogen-bond acceptors (Lipinski definition) is 4. The Balaban J connectivity index is 1.81. The number of halogens is 1. The van der Waals surface area contributed by atoms with Crippen molar-refractivity contribution in [2.24, 2.45) is 7.05 Å². The molecule has 0 aromatic carbocycles. The third kappa shape index (κ3) is 3.66. The number of nitrogens with one attached hydrogen (secondary N) is 1. The molecule has 1 aliphatic heterocycles. The minimum atomic E-state index is 0.766. The fraction of sp³-hybridized carbons (Fsp3) is 0.727. The standard InChI is InChI=1S/C11H18BrN3S2/c1-8-11(12)10(15(2)14-8)6-13-5-9-7-16-3-4-17-9/h9,13H,3-7H2,1-2H3. The highest BCUT2D eigenvalue weighted by molar-refractivity contribution is 9.10. The van der Waals surface area contributed by atoms with Gasteiger partial charge in [0.15, 0.2) is 0 Å². The first-order chi connectivity index (χ1) is 8.18. The van der Waals surface area contributed by atoms with Crippen molar-refractivity contribution in [1.29, 1.82) is 0 Å². The van der Waals surface area contributed by atoms with Crippen LogP contribution in [0, 0.1) is 6.92 Å². The molecule has 2 rings (SSSR count). The van der Waals surface area contributed by atoms with Crippen molar-refractivity contribution in [3.8, 4) is 0 Å². The van der Waals surface area contributed by atoms with Crippen molar-refractivity contribution in [2.45, 2.75) is 18.7 Å². The van der Waals surface area contributed by atoms with Crippen molar-refractivity contribution < 1.29 is 0 Å². The van der Waals surface area contributed by atoms with E-state index in [9.17, 15) is 0 Å². The Kier molecular flexibility index (Phi) is 5.26. The smallest absolute Gasteiger partial charge is 0.0739 e. The van der Waals surface area contributed by atoms with E-state index in [2.05, 4.69) is 49.9 Å². The molecule has 96 valence electrons. The summed E-state index contributed by atoms with van der Waals surface area (Å²) in [4.78, 5) is 0. The van der Waals surface area contributed by atoms with Gasteiger partial charge in [0.25, 0.3) is 0 Å². The van der Waals surface area contributed by atoms with E-state index in [4.69, 9.17) is 0 Å². The van der Waals surface area contributed by atoms with E-state index in [0.29, 0.717) is 0 Å². The summed E-state index contributed by atoms with van der Waals surface area (Å²) in [5.74, 6) is 3.89. The minimum absolute atomic E-state index is 0.766. The van der Waals surface area contributed by atoms with Gasteiger partial charge in [-0.15, -0.1) is 0 Å². The van der Waals surface area contributed by atoms with Crippen molar-refractivity contribution in [2.75, 3.05) is 23.8 Å². The number of rotatable bonds is 4. The van der Waals surface area contributed by atoms with Crippen LogP contribution >= 0.6 is 39.5 Å². The highest BCUT2D eigenvalue weighted by atomic mass is 79.9. The molecule has 1 saturated heterocycles. The molecule has 1 N–H and O–H groups in total. The van der Waals surface area contributed by atoms with Crippen molar-refractivity contribution in [1.82, 2.24) is 15.1 Å². The summed E-state index contributed by atoms with van der Waals surface area (Å²) in [6.07, 6.45) is 0. The van der Waals surface area contributed by atoms with E-state index in [-0.39, 0.29) is 0 Å². The Morgan fingerprint density at radius 1 is 1.53 bits per heavy atom. The third-order valence-corrected chi connectivity index (χ3v) is 6.69. The summed E-state index contributed by atoms with van der Waals surface area (Å²) in [6.45, 7) is 4.01. The second kappa shape index (κ2) is 6.50. The third-order valence-electron chi connectivity index (χ3n) is 2.81. The van der Waals surface area contributed by atoms with Gasteiger partial charge in [-0.05, 0) is 22.9 Å². The van der Waals surface area contributed by atoms with Gasteiger partial charge in [-0.2, -0.15) is 28.6 Å². The summed E-state index contributed by atoms with van der Waals surface area (Å²) in [7, 11) is 2.00. The normalized spacial score (nSPS) is 20.8. The second-order valence-corrected chi connectivity index (χ2v) is 7.52. The van der Waals surface area contributed by atoms with E-state index in [1.807, 2.05) is 18.7 Å². The van der Waals surface area contributed by atoms with Gasteiger partial charge in [-0.1, -0.05) is 0 Å². The lowest BCUT2D eigenvalue weighted by Gasteiger charge is -2.21. The van der Waals surface area contributed by atoms with Crippen LogP contribution in [0.15, 0.2) is 4.47 Å². The van der Waals surface area contributed by atoms with Gasteiger partial charge < -0.3 is 5.32 Å². The maximum absolute atomic E-state index is 4.40. The molecule has 0 spiro atoms. The second-order valence-electron chi connectivity index (χ2n) is 4.17. The minimum Gasteiger partial charge on any atom is -0.310 e. The fourth-order valence-corrected chi connectivity index (χ4v) is 5.00. The largest absolute Gasteiger partial charge is 0.310 e. The first-order valence-electron chi connectivity index (χ1n) is 5.76. The molecule has 2 heterocycles. The van der Waals surface area contributed by atoms with Crippen LogP contribution in [0.5, 0.6) is 0 Å². The lowest BCUT2D eigenvalue weighted by molar-refractivity contribution is 0.623. The first-order valence-corrected chi connectivity index (χ1v) is 8.76. The summed E-state index contributed by atoms with van der Waals surface area (Å²) < 4.78 is 3.09. The molecule has 1 unspecified atom stereocenters. The molecule has 17 heavy (non-hydrogen) atoms. The van der Waals surface area contributed by atoms with Gasteiger partial charge in [0.1, 0.15) is 0 Å². The van der Waals surface area contributed by atoms with E-state index < -0.39 is 0 Å².